The zero-order valence-electron chi connectivity index (χ0n) is 15.4. The van der Waals surface area contributed by atoms with E-state index in [0.29, 0.717) is 23.8 Å². The molecule has 3 nitrogen and oxygen atoms in total. The van der Waals surface area contributed by atoms with Gasteiger partial charge in [0.15, 0.2) is 0 Å². The number of aliphatic carboxylic acids is 1. The molecule has 1 N–H and O–H groups in total. The fraction of sp³-hybridized carbons (Fsp3) is 0.125. The Morgan fingerprint density at radius 3 is 2.41 bits per heavy atom. The van der Waals surface area contributed by atoms with E-state index in [1.54, 1.807) is 12.1 Å². The fourth-order valence-corrected chi connectivity index (χ4v) is 4.12. The van der Waals surface area contributed by atoms with Gasteiger partial charge in [0.2, 0.25) is 0 Å². The number of hydrogen-bond acceptors (Lipinski definition) is 2. The number of carboxylic acids is 1. The van der Waals surface area contributed by atoms with Crippen molar-refractivity contribution in [2.24, 2.45) is 0 Å². The minimum atomic E-state index is -0.970. The molecule has 0 radical (unpaired) electrons. The van der Waals surface area contributed by atoms with Crippen LogP contribution in [0.3, 0.4) is 0 Å². The Morgan fingerprint density at radius 2 is 1.72 bits per heavy atom. The fourth-order valence-electron chi connectivity index (χ4n) is 3.69. The van der Waals surface area contributed by atoms with E-state index >= 15 is 0 Å². The van der Waals surface area contributed by atoms with Crippen molar-refractivity contribution in [3.8, 4) is 0 Å². The zero-order chi connectivity index (χ0) is 20.4. The molecule has 1 aliphatic carbocycles. The van der Waals surface area contributed by atoms with Crippen molar-refractivity contribution in [2.45, 2.75) is 18.9 Å². The van der Waals surface area contributed by atoms with Crippen molar-refractivity contribution in [2.75, 3.05) is 0 Å². The first kappa shape index (κ1) is 19.7. The molecule has 5 heteroatoms. The van der Waals surface area contributed by atoms with E-state index in [4.69, 9.17) is 16.3 Å². The van der Waals surface area contributed by atoms with Crippen LogP contribution >= 0.6 is 27.5 Å². The molecule has 0 saturated carbocycles. The van der Waals surface area contributed by atoms with Crippen LogP contribution in [0.25, 0.3) is 5.76 Å². The van der Waals surface area contributed by atoms with Gasteiger partial charge in [-0.05, 0) is 47.4 Å². The summed E-state index contributed by atoms with van der Waals surface area (Å²) >= 11 is 9.67. The van der Waals surface area contributed by atoms with Crippen molar-refractivity contribution < 1.29 is 14.6 Å². The van der Waals surface area contributed by atoms with Crippen LogP contribution in [0.5, 0.6) is 0 Å². The second-order valence-electron chi connectivity index (χ2n) is 6.94. The topological polar surface area (TPSA) is 46.5 Å². The molecule has 146 valence electrons. The lowest BCUT2D eigenvalue weighted by molar-refractivity contribution is -0.133. The van der Waals surface area contributed by atoms with E-state index in [-0.39, 0.29) is 11.5 Å². The van der Waals surface area contributed by atoms with Crippen LogP contribution in [0.4, 0.5) is 0 Å². The van der Waals surface area contributed by atoms with Gasteiger partial charge in [-0.25, -0.2) is 4.79 Å². The summed E-state index contributed by atoms with van der Waals surface area (Å²) in [5, 5.41) is 10.6. The largest absolute Gasteiger partial charge is 0.488 e. The van der Waals surface area contributed by atoms with Gasteiger partial charge in [-0.15, -0.1) is 0 Å². The monoisotopic (exact) mass is 468 g/mol. The van der Waals surface area contributed by atoms with E-state index < -0.39 is 5.97 Å². The van der Waals surface area contributed by atoms with Gasteiger partial charge in [0, 0.05) is 21.0 Å². The molecule has 0 spiro atoms. The summed E-state index contributed by atoms with van der Waals surface area (Å²) in [6.45, 7) is 0.296. The van der Waals surface area contributed by atoms with Crippen LogP contribution < -0.4 is 0 Å². The summed E-state index contributed by atoms with van der Waals surface area (Å²) in [6.07, 6.45) is 0.571. The Kier molecular flexibility index (Phi) is 5.74. The van der Waals surface area contributed by atoms with E-state index in [1.807, 2.05) is 60.7 Å². The molecular weight excluding hydrogens is 452 g/mol. The smallest absolute Gasteiger partial charge is 0.336 e. The first-order chi connectivity index (χ1) is 14.0. The maximum Gasteiger partial charge on any atom is 0.336 e. The number of fused-ring (bicyclic) bond motifs is 1. The van der Waals surface area contributed by atoms with Crippen LogP contribution in [0.1, 0.15) is 28.2 Å². The van der Waals surface area contributed by atoms with Gasteiger partial charge in [-0.3, -0.25) is 0 Å². The molecule has 3 aromatic carbocycles. The van der Waals surface area contributed by atoms with E-state index in [1.165, 1.54) is 0 Å². The summed E-state index contributed by atoms with van der Waals surface area (Å²) in [5.41, 5.74) is 4.00. The molecular formula is C24H18BrClO3. The molecule has 4 rings (SSSR count). The highest BCUT2D eigenvalue weighted by Crippen LogP contribution is 2.45. The lowest BCUT2D eigenvalue weighted by atomic mass is 9.89. The molecule has 3 aromatic rings. The Hall–Kier alpha value is -2.56. The van der Waals surface area contributed by atoms with Crippen molar-refractivity contribution in [3.63, 3.8) is 0 Å². The van der Waals surface area contributed by atoms with E-state index in [2.05, 4.69) is 15.9 Å². The van der Waals surface area contributed by atoms with Crippen molar-refractivity contribution in [3.05, 3.63) is 110 Å². The molecule has 1 atom stereocenters. The lowest BCUT2D eigenvalue weighted by Crippen LogP contribution is -2.11. The minimum Gasteiger partial charge on any atom is -0.488 e. The molecule has 1 unspecified atom stereocenters. The molecule has 0 amide bonds. The van der Waals surface area contributed by atoms with Gasteiger partial charge in [-0.1, -0.05) is 76.1 Å². The first-order valence-electron chi connectivity index (χ1n) is 9.21. The second kappa shape index (κ2) is 8.44. The maximum atomic E-state index is 12.3. The molecule has 0 fully saturated rings. The molecule has 1 aliphatic rings. The third-order valence-corrected chi connectivity index (χ3v) is 5.80. The highest BCUT2D eigenvalue weighted by molar-refractivity contribution is 9.10. The molecule has 0 saturated heterocycles. The second-order valence-corrected chi connectivity index (χ2v) is 8.29. The van der Waals surface area contributed by atoms with Crippen LogP contribution in [0, 0.1) is 0 Å². The average Bonchev–Trinajstić information content (AvgIpc) is 3.01. The molecule has 0 bridgehead atoms. The van der Waals surface area contributed by atoms with Crippen molar-refractivity contribution in [1.29, 1.82) is 0 Å². The number of benzene rings is 3. The molecule has 0 heterocycles. The lowest BCUT2D eigenvalue weighted by Gasteiger charge is -2.14. The minimum absolute atomic E-state index is 0.279. The normalized spacial score (nSPS) is 15.3. The van der Waals surface area contributed by atoms with E-state index in [9.17, 15) is 9.90 Å². The zero-order valence-corrected chi connectivity index (χ0v) is 17.8. The number of rotatable bonds is 6. The average molecular weight is 470 g/mol. The van der Waals surface area contributed by atoms with Gasteiger partial charge < -0.3 is 9.84 Å². The number of hydrogen-bond donors (Lipinski definition) is 1. The predicted octanol–water partition coefficient (Wildman–Crippen LogP) is 6.45. The standard InChI is InChI=1S/C24H18BrClO3/c25-17-8-6-15(7-9-17)12-20-19-11-10-18(26)13-21(19)23(22(20)24(27)28)29-14-16-4-2-1-3-5-16/h1-11,13,20H,12,14H2,(H,27,28). The van der Waals surface area contributed by atoms with Gasteiger partial charge >= 0.3 is 5.97 Å². The number of ether oxygens (including phenoxy) is 1. The van der Waals surface area contributed by atoms with Crippen LogP contribution in [0.15, 0.2) is 82.8 Å². The van der Waals surface area contributed by atoms with Crippen LogP contribution in [0.2, 0.25) is 5.02 Å². The number of carboxylic acid groups (broad SMARTS) is 1. The van der Waals surface area contributed by atoms with Gasteiger partial charge in [-0.2, -0.15) is 0 Å². The number of halogens is 2. The summed E-state index contributed by atoms with van der Waals surface area (Å²) in [5.74, 6) is -0.866. The highest BCUT2D eigenvalue weighted by atomic mass is 79.9. The highest BCUT2D eigenvalue weighted by Gasteiger charge is 2.37. The van der Waals surface area contributed by atoms with Gasteiger partial charge in [0.25, 0.3) is 0 Å². The Labute approximate surface area is 182 Å². The number of carbonyl (C=O) groups is 1. The van der Waals surface area contributed by atoms with Gasteiger partial charge in [0.1, 0.15) is 12.4 Å². The summed E-state index contributed by atoms with van der Waals surface area (Å²) in [7, 11) is 0. The quantitative estimate of drug-likeness (QED) is 0.451. The third-order valence-electron chi connectivity index (χ3n) is 5.04. The predicted molar refractivity (Wildman–Crippen MR) is 118 cm³/mol. The Morgan fingerprint density at radius 1 is 1.00 bits per heavy atom. The Bertz CT molecular complexity index is 1080. The Balaban J connectivity index is 1.74. The molecule has 0 aliphatic heterocycles. The molecule has 0 aromatic heterocycles. The van der Waals surface area contributed by atoms with Gasteiger partial charge in [0.05, 0.1) is 5.57 Å². The maximum absolute atomic E-state index is 12.3. The summed E-state index contributed by atoms with van der Waals surface area (Å²) < 4.78 is 7.05. The van der Waals surface area contributed by atoms with E-state index in [0.717, 1.165) is 26.7 Å². The van der Waals surface area contributed by atoms with Crippen molar-refractivity contribution in [1.82, 2.24) is 0 Å². The SMILES string of the molecule is O=C(O)C1=C(OCc2ccccc2)c2cc(Cl)ccc2C1Cc1ccc(Br)cc1. The van der Waals surface area contributed by atoms with Crippen LogP contribution in [-0.4, -0.2) is 11.1 Å². The molecule has 29 heavy (non-hydrogen) atoms. The first-order valence-corrected chi connectivity index (χ1v) is 10.4. The van der Waals surface area contributed by atoms with Crippen LogP contribution in [-0.2, 0) is 22.6 Å². The summed E-state index contributed by atoms with van der Waals surface area (Å²) in [6, 6.07) is 23.1. The summed E-state index contributed by atoms with van der Waals surface area (Å²) in [4.78, 5) is 12.3. The third kappa shape index (κ3) is 4.24. The van der Waals surface area contributed by atoms with Crippen molar-refractivity contribution >= 4 is 39.3 Å².